The number of hydrogen-bond acceptors (Lipinski definition) is 6. The zero-order valence-corrected chi connectivity index (χ0v) is 17.2. The fourth-order valence-electron chi connectivity index (χ4n) is 4.09. The molecule has 1 unspecified atom stereocenters. The highest BCUT2D eigenvalue weighted by Crippen LogP contribution is 2.29. The van der Waals surface area contributed by atoms with Gasteiger partial charge in [0, 0.05) is 29.9 Å². The Balaban J connectivity index is 1.53. The molecule has 8 nitrogen and oxygen atoms in total. The molecule has 1 atom stereocenters. The topological polar surface area (TPSA) is 101 Å². The second-order valence-electron chi connectivity index (χ2n) is 7.81. The van der Waals surface area contributed by atoms with Crippen molar-refractivity contribution >= 4 is 28.9 Å². The molecule has 0 spiro atoms. The first-order valence-corrected chi connectivity index (χ1v) is 10.3. The van der Waals surface area contributed by atoms with Crippen molar-refractivity contribution in [3.8, 4) is 11.1 Å². The molecular formula is C23H23N7O. The maximum atomic E-state index is 11.6. The zero-order chi connectivity index (χ0) is 21.4. The lowest BCUT2D eigenvalue weighted by Gasteiger charge is -2.23. The number of nitrogens with one attached hydrogen (secondary N) is 1. The molecule has 1 saturated heterocycles. The highest BCUT2D eigenvalue weighted by atomic mass is 16.1. The van der Waals surface area contributed by atoms with E-state index >= 15 is 0 Å². The van der Waals surface area contributed by atoms with Crippen LogP contribution in [0.2, 0.25) is 0 Å². The first-order valence-electron chi connectivity index (χ1n) is 10.3. The van der Waals surface area contributed by atoms with Gasteiger partial charge in [0.1, 0.15) is 18.0 Å². The van der Waals surface area contributed by atoms with Crippen molar-refractivity contribution in [2.24, 2.45) is 5.73 Å². The van der Waals surface area contributed by atoms with Gasteiger partial charge in [-0.05, 0) is 55.7 Å². The van der Waals surface area contributed by atoms with Gasteiger partial charge in [-0.2, -0.15) is 5.10 Å². The normalized spacial score (nSPS) is 16.0. The Kier molecular flexibility index (Phi) is 4.74. The van der Waals surface area contributed by atoms with E-state index in [1.54, 1.807) is 16.6 Å². The Bertz CT molecular complexity index is 1270. The minimum absolute atomic E-state index is 0.458. The van der Waals surface area contributed by atoms with Gasteiger partial charge in [0.2, 0.25) is 5.91 Å². The monoisotopic (exact) mass is 413 g/mol. The van der Waals surface area contributed by atoms with E-state index in [1.165, 1.54) is 19.2 Å². The molecular weight excluding hydrogens is 390 g/mol. The molecule has 0 saturated carbocycles. The SMILES string of the molecule is CC1CCCN1c1cccc(Nc2cc(-c3cccc(C(N)=O)c3)cn3ncnc23)n1. The number of carbonyl (C=O) groups is 1. The number of carbonyl (C=O) groups excluding carboxylic acids is 1. The maximum Gasteiger partial charge on any atom is 0.248 e. The van der Waals surface area contributed by atoms with Crippen LogP contribution < -0.4 is 16.0 Å². The molecule has 4 heterocycles. The van der Waals surface area contributed by atoms with Gasteiger partial charge in [0.25, 0.3) is 0 Å². The summed E-state index contributed by atoms with van der Waals surface area (Å²) >= 11 is 0. The minimum atomic E-state index is -0.459. The summed E-state index contributed by atoms with van der Waals surface area (Å²) in [6.45, 7) is 3.26. The van der Waals surface area contributed by atoms with Gasteiger partial charge in [-0.15, -0.1) is 0 Å². The van der Waals surface area contributed by atoms with E-state index in [9.17, 15) is 4.79 Å². The van der Waals surface area contributed by atoms with Crippen LogP contribution in [0.25, 0.3) is 16.8 Å². The Labute approximate surface area is 179 Å². The van der Waals surface area contributed by atoms with Crippen LogP contribution in [0.4, 0.5) is 17.3 Å². The van der Waals surface area contributed by atoms with E-state index in [0.29, 0.717) is 17.3 Å². The lowest BCUT2D eigenvalue weighted by molar-refractivity contribution is 0.100. The van der Waals surface area contributed by atoms with Crippen LogP contribution >= 0.6 is 0 Å². The van der Waals surface area contributed by atoms with Crippen molar-refractivity contribution in [1.82, 2.24) is 19.6 Å². The van der Waals surface area contributed by atoms with Crippen LogP contribution in [0.3, 0.4) is 0 Å². The van der Waals surface area contributed by atoms with E-state index < -0.39 is 5.91 Å². The van der Waals surface area contributed by atoms with Crippen LogP contribution in [0, 0.1) is 0 Å². The smallest absolute Gasteiger partial charge is 0.248 e. The molecule has 4 aromatic rings. The van der Waals surface area contributed by atoms with Crippen molar-refractivity contribution < 1.29 is 4.79 Å². The molecule has 0 aliphatic carbocycles. The Morgan fingerprint density at radius 3 is 2.84 bits per heavy atom. The molecule has 0 bridgehead atoms. The average molecular weight is 413 g/mol. The first kappa shape index (κ1) is 19.0. The van der Waals surface area contributed by atoms with Gasteiger partial charge in [0.15, 0.2) is 5.65 Å². The lowest BCUT2D eigenvalue weighted by Crippen LogP contribution is -2.27. The highest BCUT2D eigenvalue weighted by Gasteiger charge is 2.21. The van der Waals surface area contributed by atoms with Crippen molar-refractivity contribution in [1.29, 1.82) is 0 Å². The Morgan fingerprint density at radius 1 is 1.16 bits per heavy atom. The van der Waals surface area contributed by atoms with Crippen LogP contribution in [0.15, 0.2) is 61.1 Å². The summed E-state index contributed by atoms with van der Waals surface area (Å²) in [6.07, 6.45) is 5.77. The minimum Gasteiger partial charge on any atom is -0.366 e. The summed E-state index contributed by atoms with van der Waals surface area (Å²) in [6, 6.07) is 15.7. The molecule has 156 valence electrons. The van der Waals surface area contributed by atoms with E-state index in [2.05, 4.69) is 27.2 Å². The number of fused-ring (bicyclic) bond motifs is 1. The van der Waals surface area contributed by atoms with Gasteiger partial charge in [-0.25, -0.2) is 14.5 Å². The van der Waals surface area contributed by atoms with Gasteiger partial charge in [-0.1, -0.05) is 18.2 Å². The molecule has 5 rings (SSSR count). The first-order chi connectivity index (χ1) is 15.1. The van der Waals surface area contributed by atoms with Crippen molar-refractivity contribution in [2.75, 3.05) is 16.8 Å². The van der Waals surface area contributed by atoms with Gasteiger partial charge in [-0.3, -0.25) is 4.79 Å². The number of anilines is 3. The number of nitrogens with zero attached hydrogens (tertiary/aromatic N) is 5. The number of pyridine rings is 2. The molecule has 3 aromatic heterocycles. The summed E-state index contributed by atoms with van der Waals surface area (Å²) in [5.41, 5.74) is 9.12. The number of rotatable bonds is 5. The highest BCUT2D eigenvalue weighted by molar-refractivity contribution is 5.94. The largest absolute Gasteiger partial charge is 0.366 e. The summed E-state index contributed by atoms with van der Waals surface area (Å²) in [7, 11) is 0. The maximum absolute atomic E-state index is 11.6. The molecule has 31 heavy (non-hydrogen) atoms. The third-order valence-corrected chi connectivity index (χ3v) is 5.70. The second-order valence-corrected chi connectivity index (χ2v) is 7.81. The summed E-state index contributed by atoms with van der Waals surface area (Å²) in [5, 5.41) is 7.71. The number of benzene rings is 1. The number of primary amides is 1. The Hall–Kier alpha value is -3.94. The predicted octanol–water partition coefficient (Wildman–Crippen LogP) is 3.62. The molecule has 1 aliphatic rings. The van der Waals surface area contributed by atoms with Crippen LogP contribution in [0.5, 0.6) is 0 Å². The fourth-order valence-corrected chi connectivity index (χ4v) is 4.09. The van der Waals surface area contributed by atoms with E-state index in [0.717, 1.165) is 35.0 Å². The number of amides is 1. The number of hydrogen-bond donors (Lipinski definition) is 2. The summed E-state index contributed by atoms with van der Waals surface area (Å²) < 4.78 is 1.71. The lowest BCUT2D eigenvalue weighted by atomic mass is 10.0. The molecule has 1 fully saturated rings. The van der Waals surface area contributed by atoms with Crippen molar-refractivity contribution in [2.45, 2.75) is 25.8 Å². The Morgan fingerprint density at radius 2 is 2.03 bits per heavy atom. The van der Waals surface area contributed by atoms with Crippen molar-refractivity contribution in [3.05, 3.63) is 66.6 Å². The second kappa shape index (κ2) is 7.71. The fraction of sp³-hybridized carbons (Fsp3) is 0.217. The molecule has 3 N–H and O–H groups in total. The third kappa shape index (κ3) is 3.68. The molecule has 1 aliphatic heterocycles. The third-order valence-electron chi connectivity index (χ3n) is 5.70. The standard InChI is InChI=1S/C23H23N7O/c1-15-5-4-10-29(15)21-9-3-8-20(28-21)27-19-12-18(13-30-23(19)25-14-26-30)16-6-2-7-17(11-16)22(24)31/h2-3,6-9,11-15H,4-5,10H2,1H3,(H2,24,31)(H,27,28). The predicted molar refractivity (Wildman–Crippen MR) is 121 cm³/mol. The molecule has 8 heteroatoms. The van der Waals surface area contributed by atoms with Crippen molar-refractivity contribution in [3.63, 3.8) is 0 Å². The van der Waals surface area contributed by atoms with Gasteiger partial charge < -0.3 is 16.0 Å². The van der Waals surface area contributed by atoms with Crippen LogP contribution in [-0.4, -0.2) is 38.1 Å². The molecule has 1 amide bonds. The van der Waals surface area contributed by atoms with Crippen LogP contribution in [0.1, 0.15) is 30.1 Å². The van der Waals surface area contributed by atoms with Gasteiger partial charge >= 0.3 is 0 Å². The number of aromatic nitrogens is 4. The van der Waals surface area contributed by atoms with Gasteiger partial charge in [0.05, 0.1) is 5.69 Å². The quantitative estimate of drug-likeness (QED) is 0.518. The average Bonchev–Trinajstić information content (AvgIpc) is 3.43. The summed E-state index contributed by atoms with van der Waals surface area (Å²) in [4.78, 5) is 23.1. The molecule has 1 aromatic carbocycles. The van der Waals surface area contributed by atoms with E-state index in [4.69, 9.17) is 10.7 Å². The van der Waals surface area contributed by atoms with Crippen LogP contribution in [-0.2, 0) is 0 Å². The van der Waals surface area contributed by atoms with E-state index in [1.807, 2.05) is 42.6 Å². The summed E-state index contributed by atoms with van der Waals surface area (Å²) in [5.74, 6) is 1.25. The molecule has 0 radical (unpaired) electrons. The van der Waals surface area contributed by atoms with E-state index in [-0.39, 0.29) is 0 Å². The number of nitrogens with two attached hydrogens (primary N) is 1. The zero-order valence-electron chi connectivity index (χ0n) is 17.2.